The Morgan fingerprint density at radius 3 is 2.69 bits per heavy atom. The van der Waals surface area contributed by atoms with E-state index >= 15 is 0 Å². The van der Waals surface area contributed by atoms with Crippen molar-refractivity contribution in [2.45, 2.75) is 45.3 Å². The van der Waals surface area contributed by atoms with Crippen LogP contribution in [0.1, 0.15) is 39.3 Å². The number of rotatable bonds is 8. The van der Waals surface area contributed by atoms with Crippen LogP contribution >= 0.6 is 22.9 Å². The highest BCUT2D eigenvalue weighted by atomic mass is 35.5. The van der Waals surface area contributed by atoms with Gasteiger partial charge in [0.25, 0.3) is 10.1 Å². The molecule has 2 rings (SSSR count). The fourth-order valence-electron chi connectivity index (χ4n) is 2.31. The predicted molar refractivity (Wildman–Crippen MR) is 104 cm³/mol. The van der Waals surface area contributed by atoms with Crippen molar-refractivity contribution in [1.82, 2.24) is 9.97 Å². The third-order valence-corrected chi connectivity index (χ3v) is 5.56. The van der Waals surface area contributed by atoms with Crippen molar-refractivity contribution in [2.24, 2.45) is 0 Å². The molecular formula is C16H22ClN3O4S2. The third-order valence-electron chi connectivity index (χ3n) is 3.67. The molecule has 0 amide bonds. The number of halogens is 1. The second-order valence-electron chi connectivity index (χ2n) is 6.62. The number of nitrogens with zero attached hydrogens (tertiary/aromatic N) is 2. The van der Waals surface area contributed by atoms with Gasteiger partial charge < -0.3 is 10.4 Å². The second kappa shape index (κ2) is 8.18. The summed E-state index contributed by atoms with van der Waals surface area (Å²) in [6, 6.07) is 1.63. The average molecular weight is 420 g/mol. The molecule has 2 aromatic heterocycles. The van der Waals surface area contributed by atoms with Crippen LogP contribution in [0, 0.1) is 0 Å². The summed E-state index contributed by atoms with van der Waals surface area (Å²) < 4.78 is 30.5. The zero-order valence-corrected chi connectivity index (χ0v) is 17.1. The number of pyridine rings is 1. The van der Waals surface area contributed by atoms with Gasteiger partial charge >= 0.3 is 0 Å². The minimum atomic E-state index is -3.95. The normalized spacial score (nSPS) is 13.6. The van der Waals surface area contributed by atoms with Crippen LogP contribution in [0.2, 0.25) is 5.15 Å². The Balaban J connectivity index is 2.18. The van der Waals surface area contributed by atoms with Gasteiger partial charge in [0.15, 0.2) is 0 Å². The number of thiazole rings is 1. The summed E-state index contributed by atoms with van der Waals surface area (Å²) in [7, 11) is -3.95. The molecule has 3 N–H and O–H groups in total. The van der Waals surface area contributed by atoms with Crippen molar-refractivity contribution in [1.29, 1.82) is 0 Å². The van der Waals surface area contributed by atoms with E-state index < -0.39 is 15.7 Å². The van der Waals surface area contributed by atoms with Crippen molar-refractivity contribution in [3.8, 4) is 10.6 Å². The van der Waals surface area contributed by atoms with Gasteiger partial charge in [-0.15, -0.1) is 11.3 Å². The lowest BCUT2D eigenvalue weighted by Crippen LogP contribution is -2.17. The van der Waals surface area contributed by atoms with E-state index in [1.165, 1.54) is 11.3 Å². The summed E-state index contributed by atoms with van der Waals surface area (Å²) >= 11 is 7.40. The summed E-state index contributed by atoms with van der Waals surface area (Å²) in [5.41, 5.74) is 1.00. The minimum Gasteiger partial charge on any atom is -0.384 e. The molecule has 0 aliphatic rings. The lowest BCUT2D eigenvalue weighted by molar-refractivity contribution is 0.0746. The van der Waals surface area contributed by atoms with Crippen LogP contribution < -0.4 is 5.32 Å². The average Bonchev–Trinajstić information content (AvgIpc) is 2.95. The summed E-state index contributed by atoms with van der Waals surface area (Å²) in [4.78, 5) is 8.58. The van der Waals surface area contributed by atoms with Gasteiger partial charge in [-0.2, -0.15) is 8.42 Å². The lowest BCUT2D eigenvalue weighted by Gasteiger charge is -2.17. The van der Waals surface area contributed by atoms with Crippen LogP contribution in [0.5, 0.6) is 0 Å². The summed E-state index contributed by atoms with van der Waals surface area (Å²) in [5.74, 6) is -0.273. The monoisotopic (exact) mass is 419 g/mol. The summed E-state index contributed by atoms with van der Waals surface area (Å²) in [6.07, 6.45) is 2.50. The summed E-state index contributed by atoms with van der Waals surface area (Å²) in [6.45, 7) is 5.25. The van der Waals surface area contributed by atoms with E-state index in [9.17, 15) is 13.5 Å². The standard InChI is InChI=1S/C16H22ClN3O4S2/c1-10(5-4-6-26(22,23)24)19-12-7-14(17)18-8-11(12)15-20-13(9-25-15)16(2,3)21/h7-10,21H,4-6H2,1-3H3,(H,18,19)(H,22,23,24). The Kier molecular flexibility index (Phi) is 6.62. The van der Waals surface area contributed by atoms with Crippen LogP contribution in [0.4, 0.5) is 5.69 Å². The number of hydrogen-bond acceptors (Lipinski definition) is 7. The molecule has 26 heavy (non-hydrogen) atoms. The Hall–Kier alpha value is -1.26. The molecule has 7 nitrogen and oxygen atoms in total. The molecule has 0 saturated carbocycles. The molecule has 0 spiro atoms. The fraction of sp³-hybridized carbons (Fsp3) is 0.500. The van der Waals surface area contributed by atoms with E-state index in [1.807, 2.05) is 6.92 Å². The molecule has 0 aliphatic carbocycles. The van der Waals surface area contributed by atoms with Gasteiger partial charge in [-0.3, -0.25) is 4.55 Å². The highest BCUT2D eigenvalue weighted by Crippen LogP contribution is 2.34. The number of hydrogen-bond donors (Lipinski definition) is 3. The first-order valence-corrected chi connectivity index (χ1v) is 10.9. The Bertz CT molecular complexity index is 863. The first-order chi connectivity index (χ1) is 12.0. The molecular weight excluding hydrogens is 398 g/mol. The maximum absolute atomic E-state index is 10.8. The summed E-state index contributed by atoms with van der Waals surface area (Å²) in [5, 5.41) is 16.2. The largest absolute Gasteiger partial charge is 0.384 e. The van der Waals surface area contributed by atoms with E-state index in [1.54, 1.807) is 31.5 Å². The molecule has 0 fully saturated rings. The lowest BCUT2D eigenvalue weighted by atomic mass is 10.1. The maximum Gasteiger partial charge on any atom is 0.264 e. The smallest absolute Gasteiger partial charge is 0.264 e. The van der Waals surface area contributed by atoms with E-state index in [2.05, 4.69) is 15.3 Å². The number of nitrogens with one attached hydrogen (secondary N) is 1. The van der Waals surface area contributed by atoms with Crippen LogP contribution in [0.25, 0.3) is 10.6 Å². The molecule has 2 heterocycles. The van der Waals surface area contributed by atoms with E-state index in [0.717, 1.165) is 11.3 Å². The highest BCUT2D eigenvalue weighted by molar-refractivity contribution is 7.85. The highest BCUT2D eigenvalue weighted by Gasteiger charge is 2.21. The fourth-order valence-corrected chi connectivity index (χ4v) is 4.00. The van der Waals surface area contributed by atoms with Gasteiger partial charge in [-0.1, -0.05) is 11.6 Å². The molecule has 0 saturated heterocycles. The predicted octanol–water partition coefficient (Wildman–Crippen LogP) is 3.55. The van der Waals surface area contributed by atoms with E-state index in [4.69, 9.17) is 16.2 Å². The zero-order valence-electron chi connectivity index (χ0n) is 14.7. The van der Waals surface area contributed by atoms with Gasteiger partial charge in [-0.05, 0) is 39.7 Å². The maximum atomic E-state index is 10.8. The molecule has 0 aliphatic heterocycles. The number of aromatic nitrogens is 2. The van der Waals surface area contributed by atoms with Gasteiger partial charge in [0, 0.05) is 23.3 Å². The molecule has 0 aromatic carbocycles. The molecule has 0 bridgehead atoms. The van der Waals surface area contributed by atoms with Crippen molar-refractivity contribution >= 4 is 38.7 Å². The molecule has 144 valence electrons. The SMILES string of the molecule is CC(CCCS(=O)(=O)O)Nc1cc(Cl)ncc1-c1nc(C(C)(C)O)cs1. The molecule has 2 aromatic rings. The first-order valence-electron chi connectivity index (χ1n) is 8.01. The van der Waals surface area contributed by atoms with Crippen LogP contribution in [0.3, 0.4) is 0 Å². The minimum absolute atomic E-state index is 0.0531. The molecule has 10 heteroatoms. The van der Waals surface area contributed by atoms with E-state index in [-0.39, 0.29) is 11.8 Å². The first kappa shape index (κ1) is 21.0. The Morgan fingerprint density at radius 1 is 1.42 bits per heavy atom. The van der Waals surface area contributed by atoms with E-state index in [0.29, 0.717) is 28.7 Å². The third kappa shape index (κ3) is 6.17. The van der Waals surface area contributed by atoms with Crippen molar-refractivity contribution in [3.63, 3.8) is 0 Å². The second-order valence-corrected chi connectivity index (χ2v) is 9.44. The number of anilines is 1. The topological polar surface area (TPSA) is 112 Å². The Labute approximate surface area is 162 Å². The van der Waals surface area contributed by atoms with Crippen LogP contribution in [0.15, 0.2) is 17.6 Å². The van der Waals surface area contributed by atoms with Gasteiger partial charge in [-0.25, -0.2) is 9.97 Å². The molecule has 0 radical (unpaired) electrons. The van der Waals surface area contributed by atoms with Crippen molar-refractivity contribution in [3.05, 3.63) is 28.5 Å². The number of aliphatic hydroxyl groups is 1. The van der Waals surface area contributed by atoms with Crippen molar-refractivity contribution < 1.29 is 18.1 Å². The molecule has 1 unspecified atom stereocenters. The van der Waals surface area contributed by atoms with Gasteiger partial charge in [0.1, 0.15) is 15.8 Å². The zero-order chi connectivity index (χ0) is 19.5. The van der Waals surface area contributed by atoms with Gasteiger partial charge in [0.2, 0.25) is 0 Å². The van der Waals surface area contributed by atoms with Gasteiger partial charge in [0.05, 0.1) is 17.0 Å². The molecule has 1 atom stereocenters. The van der Waals surface area contributed by atoms with Crippen LogP contribution in [-0.2, 0) is 15.7 Å². The van der Waals surface area contributed by atoms with Crippen LogP contribution in [-0.4, -0.2) is 39.8 Å². The van der Waals surface area contributed by atoms with Crippen molar-refractivity contribution in [2.75, 3.05) is 11.1 Å². The quantitative estimate of drug-likeness (QED) is 0.443. The Morgan fingerprint density at radius 2 is 2.12 bits per heavy atom.